The van der Waals surface area contributed by atoms with Crippen LogP contribution in [0.1, 0.15) is 5.82 Å². The predicted molar refractivity (Wildman–Crippen MR) is 55.8 cm³/mol. The highest BCUT2D eigenvalue weighted by Crippen LogP contribution is 2.16. The standard InChI is InChI=1S/C10H14N4/c1-11-6-10-13-9(7-14(10)2)8-3-4-12-5-8/h3-5,7,11-12H,6H2,1-2H3. The van der Waals surface area contributed by atoms with Crippen molar-refractivity contribution in [2.45, 2.75) is 6.54 Å². The van der Waals surface area contributed by atoms with E-state index in [1.54, 1.807) is 0 Å². The normalized spacial score (nSPS) is 10.7. The van der Waals surface area contributed by atoms with Crippen LogP contribution >= 0.6 is 0 Å². The number of rotatable bonds is 3. The Kier molecular flexibility index (Phi) is 2.37. The lowest BCUT2D eigenvalue weighted by Gasteiger charge is -1.97. The van der Waals surface area contributed by atoms with E-state index >= 15 is 0 Å². The Morgan fingerprint density at radius 1 is 1.57 bits per heavy atom. The van der Waals surface area contributed by atoms with E-state index in [0.29, 0.717) is 0 Å². The highest BCUT2D eigenvalue weighted by molar-refractivity contribution is 5.57. The van der Waals surface area contributed by atoms with Crippen LogP contribution in [0.25, 0.3) is 11.3 Å². The first-order valence-electron chi connectivity index (χ1n) is 4.61. The average Bonchev–Trinajstić information content (AvgIpc) is 2.76. The Morgan fingerprint density at radius 3 is 3.07 bits per heavy atom. The molecule has 0 bridgehead atoms. The van der Waals surface area contributed by atoms with E-state index in [-0.39, 0.29) is 0 Å². The lowest BCUT2D eigenvalue weighted by atomic mass is 10.3. The molecule has 14 heavy (non-hydrogen) atoms. The van der Waals surface area contributed by atoms with E-state index in [4.69, 9.17) is 0 Å². The largest absolute Gasteiger partial charge is 0.367 e. The molecule has 4 heteroatoms. The molecular weight excluding hydrogens is 176 g/mol. The summed E-state index contributed by atoms with van der Waals surface area (Å²) >= 11 is 0. The molecule has 0 saturated heterocycles. The second-order valence-electron chi connectivity index (χ2n) is 3.28. The molecule has 0 saturated carbocycles. The van der Waals surface area contributed by atoms with Crippen molar-refractivity contribution in [1.82, 2.24) is 19.9 Å². The van der Waals surface area contributed by atoms with Crippen LogP contribution in [0, 0.1) is 0 Å². The van der Waals surface area contributed by atoms with Crippen LogP contribution in [0.2, 0.25) is 0 Å². The number of H-pyrrole nitrogens is 1. The maximum Gasteiger partial charge on any atom is 0.123 e. The minimum Gasteiger partial charge on any atom is -0.367 e. The van der Waals surface area contributed by atoms with Gasteiger partial charge in [-0.25, -0.2) is 4.98 Å². The Morgan fingerprint density at radius 2 is 2.43 bits per heavy atom. The molecule has 0 aromatic carbocycles. The zero-order valence-electron chi connectivity index (χ0n) is 8.41. The van der Waals surface area contributed by atoms with E-state index in [2.05, 4.69) is 15.3 Å². The summed E-state index contributed by atoms with van der Waals surface area (Å²) in [5.74, 6) is 1.05. The van der Waals surface area contributed by atoms with E-state index in [1.807, 2.05) is 43.3 Å². The van der Waals surface area contributed by atoms with Gasteiger partial charge < -0.3 is 14.9 Å². The average molecular weight is 190 g/mol. The molecule has 2 aromatic heterocycles. The van der Waals surface area contributed by atoms with Crippen LogP contribution in [0.4, 0.5) is 0 Å². The first kappa shape index (κ1) is 9.02. The van der Waals surface area contributed by atoms with Crippen molar-refractivity contribution in [3.8, 4) is 11.3 Å². The van der Waals surface area contributed by atoms with Gasteiger partial charge in [0.15, 0.2) is 0 Å². The van der Waals surface area contributed by atoms with Gasteiger partial charge in [-0.3, -0.25) is 0 Å². The number of hydrogen-bond donors (Lipinski definition) is 2. The molecule has 74 valence electrons. The van der Waals surface area contributed by atoms with Gasteiger partial charge in [-0.05, 0) is 13.1 Å². The van der Waals surface area contributed by atoms with E-state index in [9.17, 15) is 0 Å². The Hall–Kier alpha value is -1.55. The molecule has 0 fully saturated rings. The van der Waals surface area contributed by atoms with E-state index in [0.717, 1.165) is 23.6 Å². The van der Waals surface area contributed by atoms with Crippen LogP contribution in [0.5, 0.6) is 0 Å². The first-order chi connectivity index (χ1) is 6.81. The summed E-state index contributed by atoms with van der Waals surface area (Å²) in [5, 5.41) is 3.09. The third kappa shape index (κ3) is 1.56. The van der Waals surface area contributed by atoms with Crippen molar-refractivity contribution >= 4 is 0 Å². The van der Waals surface area contributed by atoms with Crippen molar-refractivity contribution in [1.29, 1.82) is 0 Å². The topological polar surface area (TPSA) is 45.6 Å². The summed E-state index contributed by atoms with van der Waals surface area (Å²) in [6.07, 6.45) is 5.89. The molecule has 4 nitrogen and oxygen atoms in total. The number of aryl methyl sites for hydroxylation is 1. The van der Waals surface area contributed by atoms with Gasteiger partial charge in [0.1, 0.15) is 5.82 Å². The SMILES string of the molecule is CNCc1nc(-c2cc[nH]c2)cn1C. The fourth-order valence-corrected chi connectivity index (χ4v) is 1.45. The summed E-state index contributed by atoms with van der Waals surface area (Å²) in [5.41, 5.74) is 2.14. The second kappa shape index (κ2) is 3.67. The van der Waals surface area contributed by atoms with E-state index in [1.165, 1.54) is 0 Å². The molecule has 0 unspecified atom stereocenters. The number of hydrogen-bond acceptors (Lipinski definition) is 2. The number of aromatic amines is 1. The number of aromatic nitrogens is 3. The first-order valence-corrected chi connectivity index (χ1v) is 4.61. The second-order valence-corrected chi connectivity index (χ2v) is 3.28. The molecule has 2 heterocycles. The third-order valence-electron chi connectivity index (χ3n) is 2.20. The van der Waals surface area contributed by atoms with Crippen molar-refractivity contribution in [3.05, 3.63) is 30.5 Å². The summed E-state index contributed by atoms with van der Waals surface area (Å²) < 4.78 is 2.04. The minimum absolute atomic E-state index is 0.793. The van der Waals surface area contributed by atoms with Crippen LogP contribution in [-0.4, -0.2) is 21.6 Å². The predicted octanol–water partition coefficient (Wildman–Crippen LogP) is 1.13. The highest BCUT2D eigenvalue weighted by atomic mass is 15.1. The van der Waals surface area contributed by atoms with Crippen LogP contribution in [-0.2, 0) is 13.6 Å². The maximum atomic E-state index is 4.52. The van der Waals surface area contributed by atoms with Gasteiger partial charge in [0.05, 0.1) is 12.2 Å². The van der Waals surface area contributed by atoms with Crippen molar-refractivity contribution in [2.24, 2.45) is 7.05 Å². The fraction of sp³-hybridized carbons (Fsp3) is 0.300. The maximum absolute atomic E-state index is 4.52. The lowest BCUT2D eigenvalue weighted by Crippen LogP contribution is -2.09. The van der Waals surface area contributed by atoms with Gasteiger partial charge in [-0.1, -0.05) is 0 Å². The lowest BCUT2D eigenvalue weighted by molar-refractivity contribution is 0.709. The zero-order valence-corrected chi connectivity index (χ0v) is 8.41. The summed E-state index contributed by atoms with van der Waals surface area (Å²) in [7, 11) is 3.93. The molecule has 0 atom stereocenters. The van der Waals surface area contributed by atoms with Gasteiger partial charge in [-0.2, -0.15) is 0 Å². The molecule has 2 aromatic rings. The van der Waals surface area contributed by atoms with Gasteiger partial charge in [-0.15, -0.1) is 0 Å². The molecule has 0 aliphatic rings. The number of nitrogens with zero attached hydrogens (tertiary/aromatic N) is 2. The molecule has 0 aliphatic carbocycles. The number of imidazole rings is 1. The van der Waals surface area contributed by atoms with Gasteiger partial charge in [0.2, 0.25) is 0 Å². The molecule has 0 spiro atoms. The highest BCUT2D eigenvalue weighted by Gasteiger charge is 2.05. The molecule has 0 radical (unpaired) electrons. The van der Waals surface area contributed by atoms with Gasteiger partial charge in [0.25, 0.3) is 0 Å². The number of nitrogens with one attached hydrogen (secondary N) is 2. The third-order valence-corrected chi connectivity index (χ3v) is 2.20. The van der Waals surface area contributed by atoms with Crippen molar-refractivity contribution in [2.75, 3.05) is 7.05 Å². The van der Waals surface area contributed by atoms with Crippen molar-refractivity contribution < 1.29 is 0 Å². The monoisotopic (exact) mass is 190 g/mol. The molecule has 0 amide bonds. The smallest absolute Gasteiger partial charge is 0.123 e. The minimum atomic E-state index is 0.793. The van der Waals surface area contributed by atoms with Crippen LogP contribution < -0.4 is 5.32 Å². The summed E-state index contributed by atoms with van der Waals surface area (Å²) in [6.45, 7) is 0.793. The zero-order chi connectivity index (χ0) is 9.97. The van der Waals surface area contributed by atoms with E-state index < -0.39 is 0 Å². The van der Waals surface area contributed by atoms with Gasteiger partial charge >= 0.3 is 0 Å². The Bertz CT molecular complexity index is 400. The van der Waals surface area contributed by atoms with Crippen LogP contribution in [0.3, 0.4) is 0 Å². The summed E-state index contributed by atoms with van der Waals surface area (Å²) in [6, 6.07) is 2.02. The quantitative estimate of drug-likeness (QED) is 0.762. The molecule has 2 N–H and O–H groups in total. The fourth-order valence-electron chi connectivity index (χ4n) is 1.45. The van der Waals surface area contributed by atoms with Crippen LogP contribution in [0.15, 0.2) is 24.7 Å². The molecular formula is C10H14N4. The Balaban J connectivity index is 2.33. The summed E-state index contributed by atoms with van der Waals surface area (Å²) in [4.78, 5) is 7.55. The Labute approximate surface area is 83.0 Å². The molecule has 2 rings (SSSR count). The molecule has 0 aliphatic heterocycles. The van der Waals surface area contributed by atoms with Gasteiger partial charge in [0, 0.05) is 31.2 Å². The van der Waals surface area contributed by atoms with Crippen molar-refractivity contribution in [3.63, 3.8) is 0 Å².